The van der Waals surface area contributed by atoms with Gasteiger partial charge in [-0.2, -0.15) is 0 Å². The Labute approximate surface area is 87.9 Å². The average Bonchev–Trinajstić information content (AvgIpc) is 2.39. The zero-order valence-corrected chi connectivity index (χ0v) is 9.09. The molecule has 1 heterocycles. The van der Waals surface area contributed by atoms with E-state index >= 15 is 0 Å². The first-order valence-electron chi connectivity index (χ1n) is 4.75. The van der Waals surface area contributed by atoms with Crippen molar-refractivity contribution in [2.75, 3.05) is 0 Å². The van der Waals surface area contributed by atoms with Crippen molar-refractivity contribution in [3.05, 3.63) is 22.6 Å². The molecule has 0 aromatic carbocycles. The van der Waals surface area contributed by atoms with Crippen LogP contribution < -0.4 is 0 Å². The smallest absolute Gasteiger partial charge is 0.339 e. The molecule has 0 bridgehead atoms. The highest BCUT2D eigenvalue weighted by Gasteiger charge is 2.20. The number of carbonyl (C=O) groups excluding carboxylic acids is 1. The maximum atomic E-state index is 11.0. The topological polar surface area (TPSA) is 67.5 Å². The molecule has 1 N–H and O–H groups in total. The Morgan fingerprint density at radius 3 is 2.40 bits per heavy atom. The number of rotatable bonds is 4. The van der Waals surface area contributed by atoms with Crippen LogP contribution in [0.25, 0.3) is 0 Å². The van der Waals surface area contributed by atoms with Gasteiger partial charge in [0.2, 0.25) is 0 Å². The fraction of sp³-hybridized carbons (Fsp3) is 0.455. The molecule has 15 heavy (non-hydrogen) atoms. The first kappa shape index (κ1) is 11.5. The number of hydrogen-bond donors (Lipinski definition) is 1. The Morgan fingerprint density at radius 1 is 1.33 bits per heavy atom. The normalized spacial score (nSPS) is 10.3. The fourth-order valence-corrected chi connectivity index (χ4v) is 1.44. The molecule has 1 aromatic heterocycles. The van der Waals surface area contributed by atoms with E-state index < -0.39 is 5.97 Å². The molecule has 0 saturated carbocycles. The van der Waals surface area contributed by atoms with Gasteiger partial charge in [0, 0.05) is 18.4 Å². The molecule has 0 amide bonds. The van der Waals surface area contributed by atoms with Crippen LogP contribution in [0, 0.1) is 13.8 Å². The number of Topliss-reactive ketones (excluding diaryl/α,β-unsaturated/α-hetero) is 1. The van der Waals surface area contributed by atoms with Crippen LogP contribution in [-0.2, 0) is 11.2 Å². The van der Waals surface area contributed by atoms with Gasteiger partial charge in [0.15, 0.2) is 0 Å². The number of ketones is 1. The monoisotopic (exact) mass is 210 g/mol. The third-order valence-electron chi connectivity index (χ3n) is 2.38. The van der Waals surface area contributed by atoms with E-state index in [-0.39, 0.29) is 11.3 Å². The Bertz CT molecular complexity index is 401. The van der Waals surface area contributed by atoms with Crippen LogP contribution in [0.1, 0.15) is 40.8 Å². The van der Waals surface area contributed by atoms with Crippen molar-refractivity contribution in [1.29, 1.82) is 0 Å². The number of hydrogen-bond acceptors (Lipinski definition) is 3. The highest BCUT2D eigenvalue weighted by atomic mass is 16.4. The van der Waals surface area contributed by atoms with Crippen LogP contribution in [-0.4, -0.2) is 16.9 Å². The van der Waals surface area contributed by atoms with E-state index in [2.05, 4.69) is 0 Å². The lowest BCUT2D eigenvalue weighted by Crippen LogP contribution is -2.03. The van der Waals surface area contributed by atoms with E-state index in [1.165, 1.54) is 6.92 Å². The molecule has 1 aromatic rings. The Balaban J connectivity index is 3.01. The van der Waals surface area contributed by atoms with Gasteiger partial charge in [0.05, 0.1) is 0 Å². The molecule has 0 aliphatic rings. The molecule has 0 fully saturated rings. The van der Waals surface area contributed by atoms with Crippen LogP contribution in [0.4, 0.5) is 0 Å². The third kappa shape index (κ3) is 2.46. The van der Waals surface area contributed by atoms with E-state index in [1.807, 2.05) is 0 Å². The van der Waals surface area contributed by atoms with Crippen molar-refractivity contribution >= 4 is 11.8 Å². The van der Waals surface area contributed by atoms with Crippen molar-refractivity contribution in [2.45, 2.75) is 33.6 Å². The van der Waals surface area contributed by atoms with Gasteiger partial charge in [-0.15, -0.1) is 0 Å². The molecule has 1 rings (SSSR count). The SMILES string of the molecule is CC(=O)CCc1oc(C)c(C)c1C(=O)O. The van der Waals surface area contributed by atoms with Gasteiger partial charge in [-0.05, 0) is 20.8 Å². The Hall–Kier alpha value is -1.58. The largest absolute Gasteiger partial charge is 0.478 e. The Morgan fingerprint density at radius 2 is 1.93 bits per heavy atom. The summed E-state index contributed by atoms with van der Waals surface area (Å²) in [6.45, 7) is 4.90. The van der Waals surface area contributed by atoms with Crippen LogP contribution in [0.2, 0.25) is 0 Å². The van der Waals surface area contributed by atoms with Gasteiger partial charge >= 0.3 is 5.97 Å². The summed E-state index contributed by atoms with van der Waals surface area (Å²) in [5, 5.41) is 8.98. The lowest BCUT2D eigenvalue weighted by atomic mass is 10.1. The van der Waals surface area contributed by atoms with Gasteiger partial charge in [-0.1, -0.05) is 0 Å². The first-order valence-corrected chi connectivity index (χ1v) is 4.75. The molecule has 0 aliphatic heterocycles. The molecule has 4 nitrogen and oxygen atoms in total. The summed E-state index contributed by atoms with van der Waals surface area (Å²) in [5.41, 5.74) is 0.842. The van der Waals surface area contributed by atoms with Gasteiger partial charge in [0.1, 0.15) is 22.9 Å². The predicted molar refractivity (Wildman–Crippen MR) is 54.1 cm³/mol. The molecule has 4 heteroatoms. The summed E-state index contributed by atoms with van der Waals surface area (Å²) in [6.07, 6.45) is 0.665. The maximum Gasteiger partial charge on any atom is 0.339 e. The summed E-state index contributed by atoms with van der Waals surface area (Å²) in [4.78, 5) is 21.8. The van der Waals surface area contributed by atoms with E-state index in [9.17, 15) is 9.59 Å². The number of carboxylic acid groups (broad SMARTS) is 1. The van der Waals surface area contributed by atoms with Gasteiger partial charge in [0.25, 0.3) is 0 Å². The fourth-order valence-electron chi connectivity index (χ4n) is 1.44. The second-order valence-electron chi connectivity index (χ2n) is 3.59. The highest BCUT2D eigenvalue weighted by molar-refractivity contribution is 5.91. The minimum atomic E-state index is -0.997. The zero-order chi connectivity index (χ0) is 11.6. The second kappa shape index (κ2) is 4.29. The summed E-state index contributed by atoms with van der Waals surface area (Å²) in [7, 11) is 0. The molecular formula is C11H14O4. The Kier molecular flexibility index (Phi) is 3.29. The summed E-state index contributed by atoms with van der Waals surface area (Å²) >= 11 is 0. The summed E-state index contributed by atoms with van der Waals surface area (Å²) in [6, 6.07) is 0. The van der Waals surface area contributed by atoms with Gasteiger partial charge in [-0.3, -0.25) is 0 Å². The second-order valence-corrected chi connectivity index (χ2v) is 3.59. The zero-order valence-electron chi connectivity index (χ0n) is 9.09. The van der Waals surface area contributed by atoms with E-state index in [1.54, 1.807) is 13.8 Å². The molecule has 0 spiro atoms. The first-order chi connectivity index (χ1) is 6.93. The minimum absolute atomic E-state index is 0.0260. The predicted octanol–water partition coefficient (Wildman–Crippen LogP) is 2.12. The highest BCUT2D eigenvalue weighted by Crippen LogP contribution is 2.22. The van der Waals surface area contributed by atoms with Crippen LogP contribution in [0.3, 0.4) is 0 Å². The molecule has 0 unspecified atom stereocenters. The van der Waals surface area contributed by atoms with Crippen molar-refractivity contribution in [1.82, 2.24) is 0 Å². The van der Waals surface area contributed by atoms with Crippen LogP contribution in [0.15, 0.2) is 4.42 Å². The summed E-state index contributed by atoms with van der Waals surface area (Å²) < 4.78 is 5.32. The number of aryl methyl sites for hydroxylation is 2. The number of carboxylic acids is 1. The minimum Gasteiger partial charge on any atom is -0.478 e. The number of carbonyl (C=O) groups is 2. The van der Waals surface area contributed by atoms with E-state index in [0.717, 1.165) is 0 Å². The molecule has 0 aliphatic carbocycles. The van der Waals surface area contributed by atoms with Crippen LogP contribution in [0.5, 0.6) is 0 Å². The van der Waals surface area contributed by atoms with Crippen molar-refractivity contribution in [3.63, 3.8) is 0 Å². The van der Waals surface area contributed by atoms with Gasteiger partial charge in [-0.25, -0.2) is 4.79 Å². The molecule has 82 valence electrons. The quantitative estimate of drug-likeness (QED) is 0.826. The average molecular weight is 210 g/mol. The molecular weight excluding hydrogens is 196 g/mol. The molecule has 0 radical (unpaired) electrons. The van der Waals surface area contributed by atoms with E-state index in [0.29, 0.717) is 29.9 Å². The molecule has 0 saturated heterocycles. The number of aromatic carboxylic acids is 1. The van der Waals surface area contributed by atoms with Gasteiger partial charge < -0.3 is 14.3 Å². The van der Waals surface area contributed by atoms with E-state index in [4.69, 9.17) is 9.52 Å². The maximum absolute atomic E-state index is 11.0. The van der Waals surface area contributed by atoms with Crippen molar-refractivity contribution < 1.29 is 19.1 Å². The number of furan rings is 1. The third-order valence-corrected chi connectivity index (χ3v) is 2.38. The summed E-state index contributed by atoms with van der Waals surface area (Å²) in [5.74, 6) is 0.0274. The lowest BCUT2D eigenvalue weighted by Gasteiger charge is -1.97. The van der Waals surface area contributed by atoms with Crippen molar-refractivity contribution in [2.24, 2.45) is 0 Å². The molecule has 0 atom stereocenters. The van der Waals surface area contributed by atoms with Crippen LogP contribution >= 0.6 is 0 Å². The standard InChI is InChI=1S/C11H14O4/c1-6(12)4-5-9-10(11(13)14)7(2)8(3)15-9/h4-5H2,1-3H3,(H,13,14). The van der Waals surface area contributed by atoms with Crippen molar-refractivity contribution in [3.8, 4) is 0 Å². The lowest BCUT2D eigenvalue weighted by molar-refractivity contribution is -0.117.